The van der Waals surface area contributed by atoms with Gasteiger partial charge in [0.05, 0.1) is 18.2 Å². The lowest BCUT2D eigenvalue weighted by molar-refractivity contribution is 0.0777. The van der Waals surface area contributed by atoms with Gasteiger partial charge in [-0.2, -0.15) is 0 Å². The Bertz CT molecular complexity index is 491. The minimum Gasteiger partial charge on any atom is -0.367 e. The van der Waals surface area contributed by atoms with E-state index in [0.29, 0.717) is 12.5 Å². The second-order valence-corrected chi connectivity index (χ2v) is 4.98. The van der Waals surface area contributed by atoms with Gasteiger partial charge in [0, 0.05) is 12.5 Å². The summed E-state index contributed by atoms with van der Waals surface area (Å²) in [6, 6.07) is 6.28. The molecule has 0 aliphatic carbocycles. The Balaban J connectivity index is 2.31. The van der Waals surface area contributed by atoms with Crippen molar-refractivity contribution in [2.45, 2.75) is 26.4 Å². The number of rotatable bonds is 6. The molecule has 3 nitrogen and oxygen atoms in total. The summed E-state index contributed by atoms with van der Waals surface area (Å²) in [5, 5.41) is 0. The van der Waals surface area contributed by atoms with Crippen LogP contribution >= 0.6 is 11.6 Å². The van der Waals surface area contributed by atoms with Crippen molar-refractivity contribution >= 4 is 11.6 Å². The Morgan fingerprint density at radius 1 is 1.32 bits per heavy atom. The predicted molar refractivity (Wildman–Crippen MR) is 77.6 cm³/mol. The van der Waals surface area contributed by atoms with E-state index in [9.17, 15) is 0 Å². The maximum absolute atomic E-state index is 6.02. The quantitative estimate of drug-likeness (QED) is 0.645. The van der Waals surface area contributed by atoms with Crippen LogP contribution < -0.4 is 0 Å². The number of aromatic nitrogens is 2. The molecule has 0 spiro atoms. The van der Waals surface area contributed by atoms with Gasteiger partial charge in [-0.05, 0) is 37.0 Å². The SMILES string of the molecule is Cc1cccc(C)c1C(OCCCCl)c1cnc[nH]1. The van der Waals surface area contributed by atoms with Gasteiger partial charge in [-0.3, -0.25) is 0 Å². The summed E-state index contributed by atoms with van der Waals surface area (Å²) >= 11 is 5.72. The molecule has 2 aromatic rings. The third-order valence-corrected chi connectivity index (χ3v) is 3.44. The van der Waals surface area contributed by atoms with E-state index in [1.54, 1.807) is 6.33 Å². The number of nitrogens with zero attached hydrogens (tertiary/aromatic N) is 1. The molecule has 0 saturated heterocycles. The molecule has 19 heavy (non-hydrogen) atoms. The van der Waals surface area contributed by atoms with Crippen LogP contribution in [0.15, 0.2) is 30.7 Å². The molecular weight excluding hydrogens is 260 g/mol. The van der Waals surface area contributed by atoms with Crippen LogP contribution in [0.3, 0.4) is 0 Å². The van der Waals surface area contributed by atoms with E-state index >= 15 is 0 Å². The Morgan fingerprint density at radius 3 is 2.63 bits per heavy atom. The minimum absolute atomic E-state index is 0.105. The van der Waals surface area contributed by atoms with Crippen LogP contribution in [0.25, 0.3) is 0 Å². The van der Waals surface area contributed by atoms with Crippen molar-refractivity contribution < 1.29 is 4.74 Å². The fraction of sp³-hybridized carbons (Fsp3) is 0.400. The normalized spacial score (nSPS) is 12.6. The molecule has 0 radical (unpaired) electrons. The largest absolute Gasteiger partial charge is 0.367 e. The Kier molecular flexibility index (Phi) is 5.00. The Hall–Kier alpha value is -1.32. The highest BCUT2D eigenvalue weighted by molar-refractivity contribution is 6.17. The van der Waals surface area contributed by atoms with Gasteiger partial charge in [0.25, 0.3) is 0 Å². The van der Waals surface area contributed by atoms with Crippen molar-refractivity contribution in [2.75, 3.05) is 12.5 Å². The first kappa shape index (κ1) is 14.1. The lowest BCUT2D eigenvalue weighted by atomic mass is 9.96. The van der Waals surface area contributed by atoms with Crippen LogP contribution in [-0.4, -0.2) is 22.5 Å². The molecule has 0 aliphatic heterocycles. The van der Waals surface area contributed by atoms with Crippen molar-refractivity contribution in [3.8, 4) is 0 Å². The maximum atomic E-state index is 6.02. The molecule has 2 rings (SSSR count). The van der Waals surface area contributed by atoms with E-state index < -0.39 is 0 Å². The van der Waals surface area contributed by atoms with Crippen molar-refractivity contribution in [2.24, 2.45) is 0 Å². The summed E-state index contributed by atoms with van der Waals surface area (Å²) in [5.74, 6) is 0.614. The smallest absolute Gasteiger partial charge is 0.124 e. The second-order valence-electron chi connectivity index (χ2n) is 4.61. The lowest BCUT2D eigenvalue weighted by Crippen LogP contribution is -2.11. The number of aromatic amines is 1. The van der Waals surface area contributed by atoms with Gasteiger partial charge < -0.3 is 9.72 Å². The van der Waals surface area contributed by atoms with Gasteiger partial charge in [-0.25, -0.2) is 4.98 Å². The van der Waals surface area contributed by atoms with Crippen LogP contribution in [0.5, 0.6) is 0 Å². The van der Waals surface area contributed by atoms with Crippen molar-refractivity contribution in [3.63, 3.8) is 0 Å². The third-order valence-electron chi connectivity index (χ3n) is 3.17. The third kappa shape index (κ3) is 3.37. The Morgan fingerprint density at radius 2 is 2.05 bits per heavy atom. The highest BCUT2D eigenvalue weighted by Crippen LogP contribution is 2.29. The number of ether oxygens (including phenoxy) is 1. The van der Waals surface area contributed by atoms with E-state index in [-0.39, 0.29) is 6.10 Å². The number of aryl methyl sites for hydroxylation is 2. The fourth-order valence-electron chi connectivity index (χ4n) is 2.24. The molecule has 1 unspecified atom stereocenters. The zero-order chi connectivity index (χ0) is 13.7. The molecule has 0 bridgehead atoms. The number of H-pyrrole nitrogens is 1. The summed E-state index contributed by atoms with van der Waals surface area (Å²) in [7, 11) is 0. The standard InChI is InChI=1S/C15H19ClN2O/c1-11-5-3-6-12(2)14(11)15(19-8-4-7-16)13-9-17-10-18-13/h3,5-6,9-10,15H,4,7-8H2,1-2H3,(H,17,18). The zero-order valence-corrected chi connectivity index (χ0v) is 12.1. The van der Waals surface area contributed by atoms with Crippen LogP contribution in [0.2, 0.25) is 0 Å². The van der Waals surface area contributed by atoms with E-state index in [0.717, 1.165) is 12.1 Å². The fourth-order valence-corrected chi connectivity index (χ4v) is 2.34. The predicted octanol–water partition coefficient (Wildman–Crippen LogP) is 3.76. The number of hydrogen-bond donors (Lipinski definition) is 1. The first-order valence-electron chi connectivity index (χ1n) is 6.46. The van der Waals surface area contributed by atoms with Crippen molar-refractivity contribution in [3.05, 3.63) is 53.1 Å². The van der Waals surface area contributed by atoms with Crippen LogP contribution in [0.4, 0.5) is 0 Å². The monoisotopic (exact) mass is 278 g/mol. The van der Waals surface area contributed by atoms with Gasteiger partial charge in [0.2, 0.25) is 0 Å². The molecule has 1 aromatic heterocycles. The number of benzene rings is 1. The first-order valence-corrected chi connectivity index (χ1v) is 6.99. The minimum atomic E-state index is -0.105. The van der Waals surface area contributed by atoms with Gasteiger partial charge in [-0.15, -0.1) is 11.6 Å². The molecule has 0 amide bonds. The van der Waals surface area contributed by atoms with E-state index in [4.69, 9.17) is 16.3 Å². The average Bonchev–Trinajstić information content (AvgIpc) is 2.90. The van der Waals surface area contributed by atoms with Crippen molar-refractivity contribution in [1.82, 2.24) is 9.97 Å². The number of imidazole rings is 1. The molecule has 4 heteroatoms. The first-order chi connectivity index (χ1) is 9.24. The van der Waals surface area contributed by atoms with Crippen LogP contribution in [0.1, 0.15) is 34.9 Å². The molecule has 0 fully saturated rings. The van der Waals surface area contributed by atoms with Gasteiger partial charge in [0.1, 0.15) is 6.10 Å². The summed E-state index contributed by atoms with van der Waals surface area (Å²) < 4.78 is 6.02. The number of alkyl halides is 1. The van der Waals surface area contributed by atoms with Gasteiger partial charge in [0.15, 0.2) is 0 Å². The average molecular weight is 279 g/mol. The lowest BCUT2D eigenvalue weighted by Gasteiger charge is -2.21. The highest BCUT2D eigenvalue weighted by atomic mass is 35.5. The molecular formula is C15H19ClN2O. The molecule has 1 atom stereocenters. The summed E-state index contributed by atoms with van der Waals surface area (Å²) in [6.45, 7) is 4.86. The molecule has 0 saturated carbocycles. The van der Waals surface area contributed by atoms with E-state index in [1.807, 2.05) is 6.20 Å². The van der Waals surface area contributed by atoms with Crippen LogP contribution in [-0.2, 0) is 4.74 Å². The zero-order valence-electron chi connectivity index (χ0n) is 11.3. The highest BCUT2D eigenvalue weighted by Gasteiger charge is 2.19. The molecule has 1 N–H and O–H groups in total. The summed E-state index contributed by atoms with van der Waals surface area (Å²) in [4.78, 5) is 7.24. The topological polar surface area (TPSA) is 37.9 Å². The maximum Gasteiger partial charge on any atom is 0.124 e. The summed E-state index contributed by atoms with van der Waals surface area (Å²) in [5.41, 5.74) is 4.64. The van der Waals surface area contributed by atoms with Gasteiger partial charge >= 0.3 is 0 Å². The number of halogens is 1. The van der Waals surface area contributed by atoms with Gasteiger partial charge in [-0.1, -0.05) is 18.2 Å². The van der Waals surface area contributed by atoms with E-state index in [1.165, 1.54) is 16.7 Å². The molecule has 1 aromatic carbocycles. The van der Waals surface area contributed by atoms with Crippen molar-refractivity contribution in [1.29, 1.82) is 0 Å². The molecule has 102 valence electrons. The second kappa shape index (κ2) is 6.73. The molecule has 1 heterocycles. The summed E-state index contributed by atoms with van der Waals surface area (Å²) in [6.07, 6.45) is 4.24. The Labute approximate surface area is 119 Å². The number of hydrogen-bond acceptors (Lipinski definition) is 2. The molecule has 0 aliphatic rings. The number of nitrogens with one attached hydrogen (secondary N) is 1. The van der Waals surface area contributed by atoms with E-state index in [2.05, 4.69) is 42.0 Å². The van der Waals surface area contributed by atoms with Crippen LogP contribution in [0, 0.1) is 13.8 Å².